The zero-order valence-electron chi connectivity index (χ0n) is 14.9. The molecule has 0 aromatic rings. The summed E-state index contributed by atoms with van der Waals surface area (Å²) in [5, 5.41) is 10.2. The van der Waals surface area contributed by atoms with Crippen LogP contribution < -0.4 is 0 Å². The molecule has 4 nitrogen and oxygen atoms in total. The van der Waals surface area contributed by atoms with Gasteiger partial charge in [-0.2, -0.15) is 0 Å². The van der Waals surface area contributed by atoms with E-state index >= 15 is 0 Å². The fraction of sp³-hybridized carbons (Fsp3) is 0.944. The molecule has 1 N–H and O–H groups in total. The lowest BCUT2D eigenvalue weighted by atomic mass is 9.58. The summed E-state index contributed by atoms with van der Waals surface area (Å²) in [5.74, 6) is 0.639. The molecule has 3 atom stereocenters. The molecule has 1 saturated carbocycles. The van der Waals surface area contributed by atoms with Crippen LogP contribution in [0.25, 0.3) is 0 Å². The number of nitrogens with zero attached hydrogens (tertiary/aromatic N) is 1. The summed E-state index contributed by atoms with van der Waals surface area (Å²) in [6, 6.07) is 0. The summed E-state index contributed by atoms with van der Waals surface area (Å²) >= 11 is 0. The number of carbonyl (C=O) groups excluding carboxylic acids is 1. The van der Waals surface area contributed by atoms with Crippen molar-refractivity contribution in [1.82, 2.24) is 4.90 Å². The Labute approximate surface area is 135 Å². The Morgan fingerprint density at radius 1 is 1.36 bits per heavy atom. The highest BCUT2D eigenvalue weighted by molar-refractivity contribution is 5.76. The molecule has 0 radical (unpaired) electrons. The van der Waals surface area contributed by atoms with Gasteiger partial charge in [-0.15, -0.1) is 0 Å². The highest BCUT2D eigenvalue weighted by Crippen LogP contribution is 2.51. The van der Waals surface area contributed by atoms with Gasteiger partial charge in [0.05, 0.1) is 12.2 Å². The summed E-state index contributed by atoms with van der Waals surface area (Å²) in [6.45, 7) is 12.9. The Hall–Kier alpha value is -0.610. The molecule has 1 spiro atoms. The van der Waals surface area contributed by atoms with Crippen LogP contribution in [0.1, 0.15) is 60.3 Å². The first-order chi connectivity index (χ1) is 10.2. The van der Waals surface area contributed by atoms with Crippen LogP contribution in [0.2, 0.25) is 0 Å². The number of piperidine rings is 1. The molecule has 2 rings (SSSR count). The number of amides is 1. The van der Waals surface area contributed by atoms with E-state index in [2.05, 4.69) is 27.7 Å². The first kappa shape index (κ1) is 17.7. The SMILES string of the molecule is CCOC1CC(O)C12CCN(C(=O)CC(C)C(C)(C)C)CC2. The van der Waals surface area contributed by atoms with Gasteiger partial charge in [-0.3, -0.25) is 4.79 Å². The Kier molecular flexibility index (Phi) is 5.23. The molecular formula is C18H33NO3. The van der Waals surface area contributed by atoms with Gasteiger partial charge in [-0.1, -0.05) is 27.7 Å². The van der Waals surface area contributed by atoms with Crippen molar-refractivity contribution in [2.24, 2.45) is 16.7 Å². The third-order valence-electron chi connectivity index (χ3n) is 6.12. The van der Waals surface area contributed by atoms with E-state index in [1.54, 1.807) is 0 Å². The molecule has 0 bridgehead atoms. The average molecular weight is 311 g/mol. The number of ether oxygens (including phenoxy) is 1. The van der Waals surface area contributed by atoms with Gasteiger partial charge in [-0.05, 0) is 31.1 Å². The number of carbonyl (C=O) groups is 1. The maximum absolute atomic E-state index is 12.5. The fourth-order valence-electron chi connectivity index (χ4n) is 3.69. The number of hydrogen-bond donors (Lipinski definition) is 1. The molecule has 4 heteroatoms. The van der Waals surface area contributed by atoms with Crippen LogP contribution in [0.3, 0.4) is 0 Å². The average Bonchev–Trinajstić information content (AvgIpc) is 2.46. The van der Waals surface area contributed by atoms with Crippen LogP contribution in [0, 0.1) is 16.7 Å². The number of likely N-dealkylation sites (tertiary alicyclic amines) is 1. The predicted octanol–water partition coefficient (Wildman–Crippen LogP) is 2.84. The normalized spacial score (nSPS) is 29.3. The summed E-state index contributed by atoms with van der Waals surface area (Å²) in [6.07, 6.45) is 3.03. The second-order valence-corrected chi connectivity index (χ2v) is 8.28. The van der Waals surface area contributed by atoms with Crippen molar-refractivity contribution in [1.29, 1.82) is 0 Å². The van der Waals surface area contributed by atoms with Crippen molar-refractivity contribution in [2.75, 3.05) is 19.7 Å². The number of rotatable bonds is 4. The maximum Gasteiger partial charge on any atom is 0.222 e. The van der Waals surface area contributed by atoms with Gasteiger partial charge in [0, 0.05) is 38.0 Å². The molecule has 1 aliphatic carbocycles. The van der Waals surface area contributed by atoms with E-state index in [0.717, 1.165) is 32.4 Å². The molecule has 0 aromatic carbocycles. The monoisotopic (exact) mass is 311 g/mol. The molecule has 2 aliphatic rings. The van der Waals surface area contributed by atoms with Gasteiger partial charge in [0.1, 0.15) is 0 Å². The predicted molar refractivity (Wildman–Crippen MR) is 87.5 cm³/mol. The van der Waals surface area contributed by atoms with Crippen LogP contribution >= 0.6 is 0 Å². The standard InChI is InChI=1S/C18H33NO3/c1-6-22-15-12-14(20)18(15)7-9-19(10-8-18)16(21)11-13(2)17(3,4)5/h13-15,20H,6-12H2,1-5H3. The van der Waals surface area contributed by atoms with Crippen molar-refractivity contribution in [3.05, 3.63) is 0 Å². The molecule has 3 unspecified atom stereocenters. The molecule has 1 saturated heterocycles. The lowest BCUT2D eigenvalue weighted by molar-refractivity contribution is -0.210. The number of aliphatic hydroxyl groups excluding tert-OH is 1. The van der Waals surface area contributed by atoms with Crippen molar-refractivity contribution in [3.63, 3.8) is 0 Å². The molecule has 2 fully saturated rings. The minimum atomic E-state index is -0.255. The van der Waals surface area contributed by atoms with Crippen LogP contribution in [-0.2, 0) is 9.53 Å². The summed E-state index contributed by atoms with van der Waals surface area (Å²) in [5.41, 5.74) is 0.0688. The maximum atomic E-state index is 12.5. The summed E-state index contributed by atoms with van der Waals surface area (Å²) < 4.78 is 5.78. The van der Waals surface area contributed by atoms with Crippen molar-refractivity contribution < 1.29 is 14.6 Å². The van der Waals surface area contributed by atoms with Crippen LogP contribution in [0.4, 0.5) is 0 Å². The van der Waals surface area contributed by atoms with E-state index in [-0.39, 0.29) is 28.9 Å². The second kappa shape index (κ2) is 6.48. The van der Waals surface area contributed by atoms with Crippen molar-refractivity contribution in [3.8, 4) is 0 Å². The Bertz CT molecular complexity index is 392. The van der Waals surface area contributed by atoms with Gasteiger partial charge in [0.15, 0.2) is 0 Å². The third-order valence-corrected chi connectivity index (χ3v) is 6.12. The van der Waals surface area contributed by atoms with E-state index in [4.69, 9.17) is 4.74 Å². The molecular weight excluding hydrogens is 278 g/mol. The van der Waals surface area contributed by atoms with Gasteiger partial charge < -0.3 is 14.7 Å². The van der Waals surface area contributed by atoms with Crippen LogP contribution in [-0.4, -0.2) is 47.8 Å². The first-order valence-electron chi connectivity index (χ1n) is 8.78. The van der Waals surface area contributed by atoms with Gasteiger partial charge in [0.25, 0.3) is 0 Å². The van der Waals surface area contributed by atoms with Crippen molar-refractivity contribution in [2.45, 2.75) is 72.5 Å². The molecule has 0 aromatic heterocycles. The fourth-order valence-corrected chi connectivity index (χ4v) is 3.69. The molecule has 128 valence electrons. The van der Waals surface area contributed by atoms with Gasteiger partial charge in [0.2, 0.25) is 5.91 Å². The Balaban J connectivity index is 1.88. The van der Waals surface area contributed by atoms with Crippen LogP contribution in [0.5, 0.6) is 0 Å². The third kappa shape index (κ3) is 3.33. The zero-order chi connectivity index (χ0) is 16.5. The molecule has 1 heterocycles. The summed E-state index contributed by atoms with van der Waals surface area (Å²) in [4.78, 5) is 14.5. The quantitative estimate of drug-likeness (QED) is 0.868. The van der Waals surface area contributed by atoms with E-state index in [9.17, 15) is 9.90 Å². The number of aliphatic hydroxyl groups is 1. The first-order valence-corrected chi connectivity index (χ1v) is 8.78. The van der Waals surface area contributed by atoms with Gasteiger partial charge >= 0.3 is 0 Å². The smallest absolute Gasteiger partial charge is 0.222 e. The number of hydrogen-bond acceptors (Lipinski definition) is 3. The van der Waals surface area contributed by atoms with E-state index in [1.807, 2.05) is 11.8 Å². The van der Waals surface area contributed by atoms with Gasteiger partial charge in [-0.25, -0.2) is 0 Å². The molecule has 1 aliphatic heterocycles. The Morgan fingerprint density at radius 2 is 1.95 bits per heavy atom. The van der Waals surface area contributed by atoms with Crippen LogP contribution in [0.15, 0.2) is 0 Å². The molecule has 1 amide bonds. The van der Waals surface area contributed by atoms with E-state index in [1.165, 1.54) is 0 Å². The highest BCUT2D eigenvalue weighted by atomic mass is 16.5. The van der Waals surface area contributed by atoms with Crippen molar-refractivity contribution >= 4 is 5.91 Å². The van der Waals surface area contributed by atoms with E-state index in [0.29, 0.717) is 18.9 Å². The largest absolute Gasteiger partial charge is 0.392 e. The van der Waals surface area contributed by atoms with E-state index < -0.39 is 0 Å². The summed E-state index contributed by atoms with van der Waals surface area (Å²) in [7, 11) is 0. The lowest BCUT2D eigenvalue weighted by Crippen LogP contribution is -2.62. The minimum absolute atomic E-state index is 0.0948. The Morgan fingerprint density at radius 3 is 2.41 bits per heavy atom. The highest BCUT2D eigenvalue weighted by Gasteiger charge is 2.56. The molecule has 22 heavy (non-hydrogen) atoms. The lowest BCUT2D eigenvalue weighted by Gasteiger charge is -2.56. The minimum Gasteiger partial charge on any atom is -0.392 e. The topological polar surface area (TPSA) is 49.8 Å². The zero-order valence-corrected chi connectivity index (χ0v) is 14.9. The second-order valence-electron chi connectivity index (χ2n) is 8.28.